The summed E-state index contributed by atoms with van der Waals surface area (Å²) in [5.41, 5.74) is 1.45. The molecule has 0 unspecified atom stereocenters. The van der Waals surface area contributed by atoms with Crippen molar-refractivity contribution in [3.05, 3.63) is 59.7 Å². The molecule has 2 aliphatic heterocycles. The molecule has 3 N–H and O–H groups in total. The molecule has 0 aromatic heterocycles. The van der Waals surface area contributed by atoms with E-state index in [0.717, 1.165) is 10.5 Å². The molecule has 162 valence electrons. The van der Waals surface area contributed by atoms with E-state index >= 15 is 0 Å². The summed E-state index contributed by atoms with van der Waals surface area (Å²) >= 11 is 0. The summed E-state index contributed by atoms with van der Waals surface area (Å²) in [4.78, 5) is 38.1. The first kappa shape index (κ1) is 20.7. The van der Waals surface area contributed by atoms with Crippen LogP contribution in [0.2, 0.25) is 0 Å². The second-order valence-corrected chi connectivity index (χ2v) is 7.38. The van der Waals surface area contributed by atoms with Gasteiger partial charge in [0, 0.05) is 13.0 Å². The fourth-order valence-electron chi connectivity index (χ4n) is 3.51. The van der Waals surface area contributed by atoms with Crippen LogP contribution in [0, 0.1) is 0 Å². The molecular weight excluding hydrogens is 402 g/mol. The van der Waals surface area contributed by atoms with Crippen LogP contribution >= 0.6 is 0 Å². The molecule has 0 spiro atoms. The summed E-state index contributed by atoms with van der Waals surface area (Å²) in [5, 5.41) is 15.4. The van der Waals surface area contributed by atoms with Gasteiger partial charge in [-0.25, -0.2) is 4.79 Å². The Morgan fingerprint density at radius 1 is 1.16 bits per heavy atom. The number of fused-ring (bicyclic) bond motifs is 1. The van der Waals surface area contributed by atoms with Crippen molar-refractivity contribution in [2.75, 3.05) is 13.3 Å². The topological polar surface area (TPSA) is 117 Å². The quantitative estimate of drug-likeness (QED) is 0.552. The average molecular weight is 425 g/mol. The highest BCUT2D eigenvalue weighted by Crippen LogP contribution is 2.33. The van der Waals surface area contributed by atoms with Crippen molar-refractivity contribution in [2.45, 2.75) is 31.5 Å². The number of amides is 4. The molecule has 0 radical (unpaired) electrons. The third kappa shape index (κ3) is 4.77. The van der Waals surface area contributed by atoms with Gasteiger partial charge in [0.15, 0.2) is 11.5 Å². The number of rotatable bonds is 8. The lowest BCUT2D eigenvalue weighted by molar-refractivity contribution is -0.128. The highest BCUT2D eigenvalue weighted by molar-refractivity contribution is 6.04. The van der Waals surface area contributed by atoms with Crippen molar-refractivity contribution in [1.29, 1.82) is 0 Å². The Balaban J connectivity index is 1.25. The number of imide groups is 1. The number of carbonyl (C=O) groups excluding carboxylic acids is 3. The first-order chi connectivity index (χ1) is 15.0. The zero-order chi connectivity index (χ0) is 21.8. The van der Waals surface area contributed by atoms with Gasteiger partial charge < -0.3 is 25.2 Å². The zero-order valence-corrected chi connectivity index (χ0v) is 16.7. The first-order valence-corrected chi connectivity index (χ1v) is 10.0. The standard InChI is InChI=1S/C22H23N3O6/c26-17(15-4-2-1-3-5-15)11-23-20(27)9-7-16-21(28)25(22(29)24-16)12-14-6-8-18-19(10-14)31-13-30-18/h1-6,8,10,16-17,26H,7,9,11-13H2,(H,23,27)(H,24,29)/t16-,17-/m1/s1. The summed E-state index contributed by atoms with van der Waals surface area (Å²) in [7, 11) is 0. The lowest BCUT2D eigenvalue weighted by Gasteiger charge is -2.14. The van der Waals surface area contributed by atoms with Gasteiger partial charge in [-0.05, 0) is 29.7 Å². The Morgan fingerprint density at radius 2 is 1.94 bits per heavy atom. The number of hydrogen-bond donors (Lipinski definition) is 3. The highest BCUT2D eigenvalue weighted by Gasteiger charge is 2.38. The van der Waals surface area contributed by atoms with Gasteiger partial charge in [0.25, 0.3) is 5.91 Å². The fourth-order valence-corrected chi connectivity index (χ4v) is 3.51. The van der Waals surface area contributed by atoms with Crippen molar-refractivity contribution in [3.63, 3.8) is 0 Å². The fraction of sp³-hybridized carbons (Fsp3) is 0.318. The molecule has 0 saturated carbocycles. The summed E-state index contributed by atoms with van der Waals surface area (Å²) in [6.07, 6.45) is -0.582. The van der Waals surface area contributed by atoms with Crippen molar-refractivity contribution in [3.8, 4) is 11.5 Å². The molecule has 2 aliphatic rings. The third-order valence-corrected chi connectivity index (χ3v) is 5.22. The van der Waals surface area contributed by atoms with Crippen LogP contribution in [0.4, 0.5) is 4.79 Å². The van der Waals surface area contributed by atoms with E-state index in [9.17, 15) is 19.5 Å². The molecule has 0 aliphatic carbocycles. The number of carbonyl (C=O) groups is 3. The maximum absolute atomic E-state index is 12.6. The van der Waals surface area contributed by atoms with Crippen LogP contribution in [0.3, 0.4) is 0 Å². The minimum atomic E-state index is -0.810. The molecule has 1 fully saturated rings. The van der Waals surface area contributed by atoms with Crippen LogP contribution in [0.1, 0.15) is 30.1 Å². The smallest absolute Gasteiger partial charge is 0.325 e. The second kappa shape index (κ2) is 9.05. The molecule has 2 atom stereocenters. The summed E-state index contributed by atoms with van der Waals surface area (Å²) in [6, 6.07) is 13.0. The molecule has 2 heterocycles. The second-order valence-electron chi connectivity index (χ2n) is 7.38. The van der Waals surface area contributed by atoms with E-state index in [0.29, 0.717) is 17.1 Å². The Hall–Kier alpha value is -3.59. The largest absolute Gasteiger partial charge is 0.454 e. The summed E-state index contributed by atoms with van der Waals surface area (Å²) < 4.78 is 10.6. The molecule has 9 heteroatoms. The van der Waals surface area contributed by atoms with Crippen molar-refractivity contribution < 1.29 is 29.0 Å². The maximum atomic E-state index is 12.6. The third-order valence-electron chi connectivity index (χ3n) is 5.22. The van der Waals surface area contributed by atoms with Crippen LogP contribution in [0.25, 0.3) is 0 Å². The van der Waals surface area contributed by atoms with E-state index in [1.54, 1.807) is 30.3 Å². The minimum absolute atomic E-state index is 0.0516. The maximum Gasteiger partial charge on any atom is 0.325 e. The van der Waals surface area contributed by atoms with Crippen molar-refractivity contribution in [1.82, 2.24) is 15.5 Å². The molecule has 0 bridgehead atoms. The Kier molecular flexibility index (Phi) is 6.03. The Labute approximate surface area is 178 Å². The lowest BCUT2D eigenvalue weighted by Crippen LogP contribution is -2.33. The molecule has 4 amide bonds. The molecule has 9 nitrogen and oxygen atoms in total. The molecule has 31 heavy (non-hydrogen) atoms. The van der Waals surface area contributed by atoms with E-state index in [2.05, 4.69) is 10.6 Å². The van der Waals surface area contributed by atoms with Crippen LogP contribution in [-0.4, -0.2) is 47.2 Å². The van der Waals surface area contributed by atoms with E-state index < -0.39 is 18.2 Å². The highest BCUT2D eigenvalue weighted by atomic mass is 16.7. The number of aliphatic hydroxyl groups excluding tert-OH is 1. The van der Waals surface area contributed by atoms with E-state index in [1.807, 2.05) is 18.2 Å². The van der Waals surface area contributed by atoms with Crippen LogP contribution in [-0.2, 0) is 16.1 Å². The van der Waals surface area contributed by atoms with Gasteiger partial charge in [0.2, 0.25) is 12.7 Å². The van der Waals surface area contributed by atoms with E-state index in [1.165, 1.54) is 0 Å². The van der Waals surface area contributed by atoms with Crippen molar-refractivity contribution in [2.24, 2.45) is 0 Å². The summed E-state index contributed by atoms with van der Waals surface area (Å²) in [6.45, 7) is 0.325. The molecule has 2 aromatic rings. The lowest BCUT2D eigenvalue weighted by atomic mass is 10.1. The van der Waals surface area contributed by atoms with Gasteiger partial charge in [-0.1, -0.05) is 36.4 Å². The van der Waals surface area contributed by atoms with Gasteiger partial charge >= 0.3 is 6.03 Å². The number of benzene rings is 2. The van der Waals surface area contributed by atoms with Gasteiger partial charge in [-0.2, -0.15) is 0 Å². The zero-order valence-electron chi connectivity index (χ0n) is 16.7. The number of nitrogens with one attached hydrogen (secondary N) is 2. The number of urea groups is 1. The van der Waals surface area contributed by atoms with Gasteiger partial charge in [0.05, 0.1) is 12.6 Å². The SMILES string of the molecule is O=C(CC[C@H]1NC(=O)N(Cc2ccc3c(c2)OCO3)C1=O)NC[C@@H](O)c1ccccc1. The van der Waals surface area contributed by atoms with E-state index in [4.69, 9.17) is 9.47 Å². The Bertz CT molecular complexity index is 980. The molecule has 1 saturated heterocycles. The Morgan fingerprint density at radius 3 is 2.74 bits per heavy atom. The van der Waals surface area contributed by atoms with Crippen LogP contribution in [0.5, 0.6) is 11.5 Å². The van der Waals surface area contributed by atoms with Gasteiger partial charge in [-0.15, -0.1) is 0 Å². The molecule has 2 aromatic carbocycles. The summed E-state index contributed by atoms with van der Waals surface area (Å²) in [5.74, 6) is 0.531. The number of nitrogens with zero attached hydrogens (tertiary/aromatic N) is 1. The van der Waals surface area contributed by atoms with E-state index in [-0.39, 0.29) is 44.5 Å². The normalized spacial score (nSPS) is 18.1. The molecule has 4 rings (SSSR count). The van der Waals surface area contributed by atoms with Gasteiger partial charge in [-0.3, -0.25) is 14.5 Å². The van der Waals surface area contributed by atoms with Crippen LogP contribution < -0.4 is 20.1 Å². The first-order valence-electron chi connectivity index (χ1n) is 10.0. The predicted molar refractivity (Wildman–Crippen MR) is 109 cm³/mol. The monoisotopic (exact) mass is 425 g/mol. The number of hydrogen-bond acceptors (Lipinski definition) is 6. The number of aliphatic hydroxyl groups is 1. The van der Waals surface area contributed by atoms with Crippen molar-refractivity contribution >= 4 is 17.8 Å². The predicted octanol–water partition coefficient (Wildman–Crippen LogP) is 1.47. The van der Waals surface area contributed by atoms with Crippen LogP contribution in [0.15, 0.2) is 48.5 Å². The minimum Gasteiger partial charge on any atom is -0.454 e. The number of ether oxygens (including phenoxy) is 2. The average Bonchev–Trinajstić information content (AvgIpc) is 3.36. The molecular formula is C22H23N3O6. The van der Waals surface area contributed by atoms with Gasteiger partial charge in [0.1, 0.15) is 6.04 Å².